The van der Waals surface area contributed by atoms with Gasteiger partial charge in [-0.1, -0.05) is 18.0 Å². The zero-order valence-corrected chi connectivity index (χ0v) is 12.5. The summed E-state index contributed by atoms with van der Waals surface area (Å²) in [5, 5.41) is 15.4. The zero-order valence-electron chi connectivity index (χ0n) is 11.8. The van der Waals surface area contributed by atoms with Crippen molar-refractivity contribution in [1.29, 1.82) is 0 Å². The third-order valence-corrected chi connectivity index (χ3v) is 5.64. The normalized spacial score (nSPS) is 31.1. The molecule has 0 aromatic carbocycles. The Hall–Kier alpha value is -0.540. The number of aromatic nitrogens is 2. The highest BCUT2D eigenvalue weighted by Gasteiger charge is 2.40. The van der Waals surface area contributed by atoms with Crippen LogP contribution in [0.25, 0.3) is 0 Å². The van der Waals surface area contributed by atoms with Crippen LogP contribution in [0.2, 0.25) is 5.02 Å². The van der Waals surface area contributed by atoms with E-state index in [4.69, 9.17) is 11.6 Å². The van der Waals surface area contributed by atoms with E-state index >= 15 is 0 Å². The predicted molar refractivity (Wildman–Crippen MR) is 76.2 cm³/mol. The highest BCUT2D eigenvalue weighted by atomic mass is 35.5. The van der Waals surface area contributed by atoms with Gasteiger partial charge in [0.2, 0.25) is 0 Å². The van der Waals surface area contributed by atoms with Gasteiger partial charge in [-0.3, -0.25) is 4.68 Å². The van der Waals surface area contributed by atoms with Crippen molar-refractivity contribution in [2.45, 2.75) is 51.6 Å². The summed E-state index contributed by atoms with van der Waals surface area (Å²) >= 11 is 6.24. The lowest BCUT2D eigenvalue weighted by molar-refractivity contribution is 0.123. The van der Waals surface area contributed by atoms with Crippen molar-refractivity contribution in [3.63, 3.8) is 0 Å². The SMILES string of the molecule is Cc1nn(C)c(CC(O)CC2CC3CCC2C3)c1Cl. The summed E-state index contributed by atoms with van der Waals surface area (Å²) in [5.74, 6) is 2.56. The molecule has 2 aliphatic rings. The maximum absolute atomic E-state index is 10.3. The van der Waals surface area contributed by atoms with Crippen LogP contribution in [0, 0.1) is 24.7 Å². The third kappa shape index (κ3) is 2.55. The molecule has 1 aromatic heterocycles. The van der Waals surface area contributed by atoms with Crippen LogP contribution >= 0.6 is 11.6 Å². The Balaban J connectivity index is 1.60. The molecule has 2 bridgehead atoms. The van der Waals surface area contributed by atoms with Gasteiger partial charge < -0.3 is 5.11 Å². The molecule has 4 heteroatoms. The fourth-order valence-corrected chi connectivity index (χ4v) is 4.46. The third-order valence-electron chi connectivity index (χ3n) is 5.15. The Morgan fingerprint density at radius 1 is 1.42 bits per heavy atom. The second-order valence-electron chi connectivity index (χ2n) is 6.50. The van der Waals surface area contributed by atoms with Crippen LogP contribution in [0.4, 0.5) is 0 Å². The zero-order chi connectivity index (χ0) is 13.6. The molecule has 3 rings (SSSR count). The molecule has 2 aliphatic carbocycles. The Morgan fingerprint density at radius 2 is 2.21 bits per heavy atom. The predicted octanol–water partition coefficient (Wildman–Crippen LogP) is 3.11. The maximum atomic E-state index is 10.3. The van der Waals surface area contributed by atoms with E-state index < -0.39 is 0 Å². The second kappa shape index (κ2) is 5.10. The van der Waals surface area contributed by atoms with Gasteiger partial charge in [0.25, 0.3) is 0 Å². The molecule has 2 fully saturated rings. The second-order valence-corrected chi connectivity index (χ2v) is 6.88. The molecule has 1 heterocycles. The van der Waals surface area contributed by atoms with Gasteiger partial charge in [-0.05, 0) is 50.4 Å². The summed E-state index contributed by atoms with van der Waals surface area (Å²) in [6.07, 6.45) is 6.82. The summed E-state index contributed by atoms with van der Waals surface area (Å²) in [4.78, 5) is 0. The monoisotopic (exact) mass is 282 g/mol. The Kier molecular flexibility index (Phi) is 3.61. The molecule has 0 radical (unpaired) electrons. The Labute approximate surface area is 120 Å². The minimum Gasteiger partial charge on any atom is -0.393 e. The molecule has 106 valence electrons. The highest BCUT2D eigenvalue weighted by Crippen LogP contribution is 2.50. The topological polar surface area (TPSA) is 38.0 Å². The lowest BCUT2D eigenvalue weighted by Gasteiger charge is -2.24. The summed E-state index contributed by atoms with van der Waals surface area (Å²) in [6.45, 7) is 1.91. The highest BCUT2D eigenvalue weighted by molar-refractivity contribution is 6.31. The number of aliphatic hydroxyl groups excluding tert-OH is 1. The van der Waals surface area contributed by atoms with E-state index in [1.54, 1.807) is 0 Å². The van der Waals surface area contributed by atoms with Gasteiger partial charge in [-0.15, -0.1) is 0 Å². The molecule has 2 saturated carbocycles. The average molecular weight is 283 g/mol. The van der Waals surface area contributed by atoms with E-state index in [9.17, 15) is 5.11 Å². The minimum absolute atomic E-state index is 0.281. The minimum atomic E-state index is -0.281. The molecule has 19 heavy (non-hydrogen) atoms. The van der Waals surface area contributed by atoms with Crippen LogP contribution < -0.4 is 0 Å². The van der Waals surface area contributed by atoms with Crippen molar-refractivity contribution in [2.24, 2.45) is 24.8 Å². The number of nitrogens with zero attached hydrogens (tertiary/aromatic N) is 2. The van der Waals surface area contributed by atoms with Crippen LogP contribution in [0.5, 0.6) is 0 Å². The van der Waals surface area contributed by atoms with Gasteiger partial charge in [-0.25, -0.2) is 0 Å². The number of hydrogen-bond donors (Lipinski definition) is 1. The van der Waals surface area contributed by atoms with Crippen LogP contribution in [0.1, 0.15) is 43.5 Å². The van der Waals surface area contributed by atoms with Crippen molar-refractivity contribution in [2.75, 3.05) is 0 Å². The first-order valence-corrected chi connectivity index (χ1v) is 7.78. The van der Waals surface area contributed by atoms with E-state index in [0.29, 0.717) is 6.42 Å². The number of rotatable bonds is 4. The van der Waals surface area contributed by atoms with Crippen molar-refractivity contribution in [3.05, 3.63) is 16.4 Å². The molecule has 0 saturated heterocycles. The van der Waals surface area contributed by atoms with E-state index in [2.05, 4.69) is 5.10 Å². The molecule has 4 atom stereocenters. The average Bonchev–Trinajstić information content (AvgIpc) is 3.01. The number of aliphatic hydroxyl groups is 1. The Bertz CT molecular complexity index is 471. The quantitative estimate of drug-likeness (QED) is 0.921. The van der Waals surface area contributed by atoms with Crippen LogP contribution in [-0.4, -0.2) is 21.0 Å². The molecular weight excluding hydrogens is 260 g/mol. The summed E-state index contributed by atoms with van der Waals surface area (Å²) in [7, 11) is 1.90. The van der Waals surface area contributed by atoms with Crippen LogP contribution in [0.15, 0.2) is 0 Å². The summed E-state index contributed by atoms with van der Waals surface area (Å²) in [6, 6.07) is 0. The Morgan fingerprint density at radius 3 is 2.74 bits per heavy atom. The van der Waals surface area contributed by atoms with Crippen molar-refractivity contribution >= 4 is 11.6 Å². The first kappa shape index (κ1) is 13.4. The number of aryl methyl sites for hydroxylation is 2. The van der Waals surface area contributed by atoms with Crippen LogP contribution in [-0.2, 0) is 13.5 Å². The summed E-state index contributed by atoms with van der Waals surface area (Å²) < 4.78 is 1.81. The van der Waals surface area contributed by atoms with Crippen molar-refractivity contribution in [3.8, 4) is 0 Å². The summed E-state index contributed by atoms with van der Waals surface area (Å²) in [5.41, 5.74) is 1.82. The first-order valence-electron chi connectivity index (χ1n) is 7.40. The fourth-order valence-electron chi connectivity index (χ4n) is 4.22. The fraction of sp³-hybridized carbons (Fsp3) is 0.800. The number of hydrogen-bond acceptors (Lipinski definition) is 2. The standard InChI is InChI=1S/C15H23ClN2O/c1-9-15(16)14(18(2)17-9)8-13(19)7-12-6-10-3-4-11(12)5-10/h10-13,19H,3-8H2,1-2H3. The molecular formula is C15H23ClN2O. The molecule has 0 amide bonds. The van der Waals surface area contributed by atoms with Gasteiger partial charge in [0.15, 0.2) is 0 Å². The molecule has 4 unspecified atom stereocenters. The van der Waals surface area contributed by atoms with Gasteiger partial charge in [-0.2, -0.15) is 5.10 Å². The van der Waals surface area contributed by atoms with E-state index in [0.717, 1.165) is 40.6 Å². The van der Waals surface area contributed by atoms with E-state index in [1.807, 2.05) is 18.7 Å². The lowest BCUT2D eigenvalue weighted by Crippen LogP contribution is -2.21. The lowest BCUT2D eigenvalue weighted by atomic mass is 9.84. The first-order chi connectivity index (χ1) is 9.04. The van der Waals surface area contributed by atoms with Gasteiger partial charge in [0.1, 0.15) is 0 Å². The van der Waals surface area contributed by atoms with E-state index in [1.165, 1.54) is 25.7 Å². The van der Waals surface area contributed by atoms with Crippen molar-refractivity contribution < 1.29 is 5.11 Å². The van der Waals surface area contributed by atoms with Crippen molar-refractivity contribution in [1.82, 2.24) is 9.78 Å². The number of halogens is 1. The van der Waals surface area contributed by atoms with Gasteiger partial charge in [0, 0.05) is 13.5 Å². The smallest absolute Gasteiger partial charge is 0.0847 e. The maximum Gasteiger partial charge on any atom is 0.0847 e. The van der Waals surface area contributed by atoms with E-state index in [-0.39, 0.29) is 6.10 Å². The van der Waals surface area contributed by atoms with Gasteiger partial charge >= 0.3 is 0 Å². The number of fused-ring (bicyclic) bond motifs is 2. The van der Waals surface area contributed by atoms with Crippen LogP contribution in [0.3, 0.4) is 0 Å². The molecule has 1 aromatic rings. The largest absolute Gasteiger partial charge is 0.393 e. The molecule has 1 N–H and O–H groups in total. The molecule has 3 nitrogen and oxygen atoms in total. The molecule has 0 aliphatic heterocycles. The molecule has 0 spiro atoms. The van der Waals surface area contributed by atoms with Gasteiger partial charge in [0.05, 0.1) is 22.5 Å².